The van der Waals surface area contributed by atoms with E-state index in [0.29, 0.717) is 6.54 Å². The Labute approximate surface area is 169 Å². The molecule has 27 heavy (non-hydrogen) atoms. The highest BCUT2D eigenvalue weighted by molar-refractivity contribution is 9.10. The van der Waals surface area contributed by atoms with Crippen LogP contribution in [-0.2, 0) is 4.79 Å². The molecule has 0 atom stereocenters. The zero-order valence-corrected chi connectivity index (χ0v) is 16.6. The molecule has 3 aromatic carbocycles. The van der Waals surface area contributed by atoms with Gasteiger partial charge < -0.3 is 5.32 Å². The van der Waals surface area contributed by atoms with Crippen molar-refractivity contribution in [3.8, 4) is 0 Å². The minimum atomic E-state index is -0.0715. The van der Waals surface area contributed by atoms with E-state index in [1.54, 1.807) is 6.08 Å². The fraction of sp³-hybridized carbons (Fsp3) is 0.125. The van der Waals surface area contributed by atoms with Crippen molar-refractivity contribution in [2.45, 2.75) is 12.3 Å². The van der Waals surface area contributed by atoms with Crippen LogP contribution in [0.3, 0.4) is 0 Å². The Bertz CT molecular complexity index is 834. The van der Waals surface area contributed by atoms with E-state index >= 15 is 0 Å². The second-order valence-corrected chi connectivity index (χ2v) is 7.25. The molecular formula is C24H22BrNO. The molecule has 0 saturated heterocycles. The summed E-state index contributed by atoms with van der Waals surface area (Å²) in [4.78, 5) is 12.1. The highest BCUT2D eigenvalue weighted by atomic mass is 79.9. The van der Waals surface area contributed by atoms with Crippen molar-refractivity contribution >= 4 is 27.9 Å². The van der Waals surface area contributed by atoms with Gasteiger partial charge in [0.25, 0.3) is 0 Å². The first-order valence-electron chi connectivity index (χ1n) is 9.04. The maximum atomic E-state index is 12.1. The van der Waals surface area contributed by atoms with Crippen LogP contribution in [0.25, 0.3) is 6.08 Å². The average Bonchev–Trinajstić information content (AvgIpc) is 2.72. The SMILES string of the molecule is O=C(/C=C/c1ccc(Br)cc1)NCCC(c1ccccc1)c1ccccc1. The third-order valence-electron chi connectivity index (χ3n) is 4.43. The largest absolute Gasteiger partial charge is 0.353 e. The molecule has 1 N–H and O–H groups in total. The minimum Gasteiger partial charge on any atom is -0.353 e. The Morgan fingerprint density at radius 1 is 0.852 bits per heavy atom. The van der Waals surface area contributed by atoms with E-state index in [-0.39, 0.29) is 11.8 Å². The molecule has 0 bridgehead atoms. The highest BCUT2D eigenvalue weighted by Gasteiger charge is 2.13. The maximum absolute atomic E-state index is 12.1. The Morgan fingerprint density at radius 2 is 1.41 bits per heavy atom. The lowest BCUT2D eigenvalue weighted by Gasteiger charge is -2.18. The van der Waals surface area contributed by atoms with Crippen molar-refractivity contribution in [3.05, 3.63) is 112 Å². The molecule has 0 aromatic heterocycles. The molecule has 2 nitrogen and oxygen atoms in total. The van der Waals surface area contributed by atoms with Crippen LogP contribution in [0.2, 0.25) is 0 Å². The molecule has 0 unspecified atom stereocenters. The van der Waals surface area contributed by atoms with Gasteiger partial charge in [-0.15, -0.1) is 0 Å². The molecule has 3 heteroatoms. The fourth-order valence-corrected chi connectivity index (χ4v) is 3.31. The summed E-state index contributed by atoms with van der Waals surface area (Å²) in [7, 11) is 0. The first kappa shape index (κ1) is 19.1. The molecular weight excluding hydrogens is 398 g/mol. The molecule has 1 amide bonds. The Balaban J connectivity index is 1.59. The molecule has 3 aromatic rings. The molecule has 0 aliphatic carbocycles. The van der Waals surface area contributed by atoms with Gasteiger partial charge in [0.05, 0.1) is 0 Å². The average molecular weight is 420 g/mol. The zero-order valence-electron chi connectivity index (χ0n) is 15.0. The van der Waals surface area contributed by atoms with Crippen LogP contribution in [0.15, 0.2) is 95.5 Å². The van der Waals surface area contributed by atoms with Crippen LogP contribution < -0.4 is 5.32 Å². The van der Waals surface area contributed by atoms with Gasteiger partial charge in [-0.25, -0.2) is 0 Å². The number of carbonyl (C=O) groups excluding carboxylic acids is 1. The quantitative estimate of drug-likeness (QED) is 0.481. The smallest absolute Gasteiger partial charge is 0.243 e. The summed E-state index contributed by atoms with van der Waals surface area (Å²) in [6.07, 6.45) is 4.27. The van der Waals surface area contributed by atoms with Crippen molar-refractivity contribution in [1.82, 2.24) is 5.32 Å². The minimum absolute atomic E-state index is 0.0715. The van der Waals surface area contributed by atoms with Gasteiger partial charge in [-0.1, -0.05) is 88.7 Å². The lowest BCUT2D eigenvalue weighted by Crippen LogP contribution is -2.23. The molecule has 0 aliphatic rings. The number of amides is 1. The van der Waals surface area contributed by atoms with Crippen LogP contribution in [0.1, 0.15) is 29.0 Å². The molecule has 3 rings (SSSR count). The molecule has 0 aliphatic heterocycles. The standard InChI is InChI=1S/C24H22BrNO/c25-22-14-11-19(12-15-22)13-16-24(27)26-18-17-23(20-7-3-1-4-8-20)21-9-5-2-6-10-21/h1-16,23H,17-18H2,(H,26,27)/b16-13+. The van der Waals surface area contributed by atoms with Gasteiger partial charge in [0, 0.05) is 23.0 Å². The molecule has 0 heterocycles. The number of halogens is 1. The van der Waals surface area contributed by atoms with Crippen LogP contribution in [0.5, 0.6) is 0 Å². The van der Waals surface area contributed by atoms with Gasteiger partial charge in [-0.05, 0) is 41.3 Å². The number of hydrogen-bond donors (Lipinski definition) is 1. The molecule has 0 fully saturated rings. The van der Waals surface area contributed by atoms with Crippen molar-refractivity contribution in [1.29, 1.82) is 0 Å². The third-order valence-corrected chi connectivity index (χ3v) is 4.96. The normalized spacial score (nSPS) is 11.0. The van der Waals surface area contributed by atoms with Crippen molar-refractivity contribution in [2.75, 3.05) is 6.54 Å². The van der Waals surface area contributed by atoms with E-state index in [0.717, 1.165) is 16.5 Å². The molecule has 0 saturated carbocycles. The van der Waals surface area contributed by atoms with Crippen molar-refractivity contribution in [2.24, 2.45) is 0 Å². The molecule has 0 radical (unpaired) electrons. The summed E-state index contributed by atoms with van der Waals surface area (Å²) in [5.74, 6) is 0.195. The Hall–Kier alpha value is -2.65. The van der Waals surface area contributed by atoms with Gasteiger partial charge in [-0.3, -0.25) is 4.79 Å². The Morgan fingerprint density at radius 3 is 1.96 bits per heavy atom. The zero-order chi connectivity index (χ0) is 18.9. The number of nitrogens with one attached hydrogen (secondary N) is 1. The van der Waals surface area contributed by atoms with E-state index in [2.05, 4.69) is 69.8 Å². The van der Waals surface area contributed by atoms with E-state index < -0.39 is 0 Å². The van der Waals surface area contributed by atoms with Crippen LogP contribution in [0.4, 0.5) is 0 Å². The first-order valence-corrected chi connectivity index (χ1v) is 9.83. The summed E-state index contributed by atoms with van der Waals surface area (Å²) < 4.78 is 1.02. The monoisotopic (exact) mass is 419 g/mol. The van der Waals surface area contributed by atoms with Gasteiger partial charge in [0.15, 0.2) is 0 Å². The predicted molar refractivity (Wildman–Crippen MR) is 116 cm³/mol. The van der Waals surface area contributed by atoms with Gasteiger partial charge in [0.2, 0.25) is 5.91 Å². The van der Waals surface area contributed by atoms with Gasteiger partial charge in [-0.2, -0.15) is 0 Å². The summed E-state index contributed by atoms with van der Waals surface area (Å²) in [5, 5.41) is 3.00. The number of carbonyl (C=O) groups is 1. The van der Waals surface area contributed by atoms with E-state index in [1.807, 2.05) is 42.5 Å². The summed E-state index contributed by atoms with van der Waals surface area (Å²) in [6, 6.07) is 28.7. The number of benzene rings is 3. The van der Waals surface area contributed by atoms with E-state index in [9.17, 15) is 4.79 Å². The van der Waals surface area contributed by atoms with Crippen molar-refractivity contribution < 1.29 is 4.79 Å². The third kappa shape index (κ3) is 5.93. The summed E-state index contributed by atoms with van der Waals surface area (Å²) in [5.41, 5.74) is 3.53. The van der Waals surface area contributed by atoms with E-state index in [4.69, 9.17) is 0 Å². The molecule has 0 spiro atoms. The molecule has 136 valence electrons. The highest BCUT2D eigenvalue weighted by Crippen LogP contribution is 2.27. The van der Waals surface area contributed by atoms with Gasteiger partial charge in [0.1, 0.15) is 0 Å². The second-order valence-electron chi connectivity index (χ2n) is 6.34. The van der Waals surface area contributed by atoms with Crippen LogP contribution >= 0.6 is 15.9 Å². The number of rotatable bonds is 7. The summed E-state index contributed by atoms with van der Waals surface area (Å²) >= 11 is 3.41. The lowest BCUT2D eigenvalue weighted by atomic mass is 9.88. The van der Waals surface area contributed by atoms with Crippen molar-refractivity contribution in [3.63, 3.8) is 0 Å². The Kier molecular flexibility index (Phi) is 7.00. The van der Waals surface area contributed by atoms with Gasteiger partial charge >= 0.3 is 0 Å². The maximum Gasteiger partial charge on any atom is 0.243 e. The topological polar surface area (TPSA) is 29.1 Å². The lowest BCUT2D eigenvalue weighted by molar-refractivity contribution is -0.116. The van der Waals surface area contributed by atoms with Crippen LogP contribution in [-0.4, -0.2) is 12.5 Å². The summed E-state index contributed by atoms with van der Waals surface area (Å²) in [6.45, 7) is 0.623. The van der Waals surface area contributed by atoms with E-state index in [1.165, 1.54) is 11.1 Å². The number of hydrogen-bond acceptors (Lipinski definition) is 1. The fourth-order valence-electron chi connectivity index (χ4n) is 3.04. The van der Waals surface area contributed by atoms with Crippen LogP contribution in [0, 0.1) is 0 Å². The predicted octanol–water partition coefficient (Wildman–Crippen LogP) is 5.80. The second kappa shape index (κ2) is 9.89. The first-order chi connectivity index (χ1) is 13.2.